The Balaban J connectivity index is 2.37. The van der Waals surface area contributed by atoms with Crippen molar-refractivity contribution in [3.63, 3.8) is 0 Å². The molecule has 0 aliphatic rings. The van der Waals surface area contributed by atoms with Crippen molar-refractivity contribution in [2.45, 2.75) is 6.92 Å². The van der Waals surface area contributed by atoms with Crippen molar-refractivity contribution in [1.29, 1.82) is 0 Å². The predicted octanol–water partition coefficient (Wildman–Crippen LogP) is 4.19. The first-order chi connectivity index (χ1) is 9.65. The minimum atomic E-state index is 0.584. The van der Waals surface area contributed by atoms with Crippen molar-refractivity contribution in [2.24, 2.45) is 0 Å². The van der Waals surface area contributed by atoms with Crippen molar-refractivity contribution < 1.29 is 4.74 Å². The van der Waals surface area contributed by atoms with Gasteiger partial charge in [-0.2, -0.15) is 0 Å². The van der Waals surface area contributed by atoms with E-state index in [9.17, 15) is 0 Å². The van der Waals surface area contributed by atoms with Crippen LogP contribution in [0.2, 0.25) is 0 Å². The molecule has 0 bridgehead atoms. The molecule has 0 atom stereocenters. The molecule has 1 heterocycles. The lowest BCUT2D eigenvalue weighted by molar-refractivity contribution is 0.415. The highest BCUT2D eigenvalue weighted by atomic mass is 79.9. The molecule has 0 aliphatic heterocycles. The number of hydrogen-bond acceptors (Lipinski definition) is 5. The summed E-state index contributed by atoms with van der Waals surface area (Å²) in [5.41, 5.74) is 0.888. The molecule has 106 valence electrons. The topological polar surface area (TPSA) is 59.1 Å². The predicted molar refractivity (Wildman–Crippen MR) is 87.9 cm³/mol. The Hall–Kier alpha value is -1.34. The number of nitrogens with zero attached hydrogens (tertiary/aromatic N) is 2. The maximum atomic E-state index is 5.39. The maximum absolute atomic E-state index is 5.39. The fourth-order valence-corrected chi connectivity index (χ4v) is 2.38. The molecule has 2 N–H and O–H groups in total. The van der Waals surface area contributed by atoms with Gasteiger partial charge in [-0.15, -0.1) is 0 Å². The van der Waals surface area contributed by atoms with Crippen LogP contribution >= 0.6 is 31.9 Å². The maximum Gasteiger partial charge on any atom is 0.204 e. The second kappa shape index (κ2) is 6.90. The summed E-state index contributed by atoms with van der Waals surface area (Å²) in [6.45, 7) is 2.76. The Kier molecular flexibility index (Phi) is 5.19. The van der Waals surface area contributed by atoms with Gasteiger partial charge in [0, 0.05) is 15.5 Å². The Morgan fingerprint density at radius 2 is 1.95 bits per heavy atom. The lowest BCUT2D eigenvalue weighted by Gasteiger charge is -2.14. The van der Waals surface area contributed by atoms with Gasteiger partial charge in [-0.3, -0.25) is 0 Å². The van der Waals surface area contributed by atoms with Crippen molar-refractivity contribution >= 4 is 49.2 Å². The van der Waals surface area contributed by atoms with Gasteiger partial charge in [0.2, 0.25) is 5.75 Å². The molecule has 5 nitrogen and oxygen atoms in total. The van der Waals surface area contributed by atoms with E-state index in [-0.39, 0.29) is 0 Å². The number of rotatable bonds is 5. The zero-order chi connectivity index (χ0) is 14.5. The summed E-state index contributed by atoms with van der Waals surface area (Å²) < 4.78 is 7.31. The molecule has 20 heavy (non-hydrogen) atoms. The molecule has 0 spiro atoms. The van der Waals surface area contributed by atoms with Gasteiger partial charge in [0.05, 0.1) is 12.8 Å². The van der Waals surface area contributed by atoms with Crippen molar-refractivity contribution in [1.82, 2.24) is 9.97 Å². The number of hydrogen-bond donors (Lipinski definition) is 2. The Bertz CT molecular complexity index is 607. The van der Waals surface area contributed by atoms with E-state index in [0.29, 0.717) is 17.4 Å². The fourth-order valence-electron chi connectivity index (χ4n) is 1.67. The minimum Gasteiger partial charge on any atom is -0.490 e. The Labute approximate surface area is 134 Å². The third-order valence-electron chi connectivity index (χ3n) is 2.53. The summed E-state index contributed by atoms with van der Waals surface area (Å²) in [4.78, 5) is 8.41. The first kappa shape index (κ1) is 15.1. The lowest BCUT2D eigenvalue weighted by atomic mass is 10.3. The van der Waals surface area contributed by atoms with Gasteiger partial charge < -0.3 is 15.4 Å². The molecule has 0 fully saturated rings. The number of halogens is 2. The standard InChI is InChI=1S/C13H14Br2N4O/c1-3-16-12-11(20-2)13(18-7-17-12)19-10-6-8(14)4-5-9(10)15/h4-7H,3H2,1-2H3,(H2,16,17,18,19). The second-order valence-corrected chi connectivity index (χ2v) is 5.65. The van der Waals surface area contributed by atoms with Crippen LogP contribution in [-0.4, -0.2) is 23.6 Å². The number of anilines is 3. The van der Waals surface area contributed by atoms with Crippen molar-refractivity contribution in [3.05, 3.63) is 33.5 Å². The third-order valence-corrected chi connectivity index (χ3v) is 3.72. The number of nitrogens with one attached hydrogen (secondary N) is 2. The number of aromatic nitrogens is 2. The van der Waals surface area contributed by atoms with Crippen LogP contribution in [0.1, 0.15) is 6.92 Å². The molecule has 2 rings (SSSR count). The second-order valence-electron chi connectivity index (χ2n) is 3.88. The van der Waals surface area contributed by atoms with E-state index in [4.69, 9.17) is 4.74 Å². The van der Waals surface area contributed by atoms with Crippen molar-refractivity contribution in [3.8, 4) is 5.75 Å². The zero-order valence-corrected chi connectivity index (χ0v) is 14.2. The molecule has 0 saturated carbocycles. The molecule has 0 aliphatic carbocycles. The van der Waals surface area contributed by atoms with Crippen LogP contribution in [0, 0.1) is 0 Å². The van der Waals surface area contributed by atoms with Crippen LogP contribution in [0.5, 0.6) is 5.75 Å². The molecule has 1 aromatic carbocycles. The first-order valence-electron chi connectivity index (χ1n) is 6.00. The molecule has 0 saturated heterocycles. The van der Waals surface area contributed by atoms with Gasteiger partial charge in [-0.05, 0) is 41.1 Å². The van der Waals surface area contributed by atoms with E-state index < -0.39 is 0 Å². The summed E-state index contributed by atoms with van der Waals surface area (Å²) in [6, 6.07) is 5.86. The first-order valence-corrected chi connectivity index (χ1v) is 7.59. The van der Waals surface area contributed by atoms with Crippen LogP contribution in [0.25, 0.3) is 0 Å². The number of methoxy groups -OCH3 is 1. The average Bonchev–Trinajstić information content (AvgIpc) is 2.43. The smallest absolute Gasteiger partial charge is 0.204 e. The van der Waals surface area contributed by atoms with E-state index in [1.54, 1.807) is 7.11 Å². The third kappa shape index (κ3) is 3.40. The molecule has 1 aromatic heterocycles. The summed E-state index contributed by atoms with van der Waals surface area (Å²) in [5.74, 6) is 1.86. The number of benzene rings is 1. The molecular formula is C13H14Br2N4O. The summed E-state index contributed by atoms with van der Waals surface area (Å²) in [6.07, 6.45) is 1.49. The number of ether oxygens (including phenoxy) is 1. The highest BCUT2D eigenvalue weighted by Gasteiger charge is 2.13. The van der Waals surface area contributed by atoms with Crippen molar-refractivity contribution in [2.75, 3.05) is 24.3 Å². The summed E-state index contributed by atoms with van der Waals surface area (Å²) >= 11 is 6.95. The Morgan fingerprint density at radius 3 is 2.65 bits per heavy atom. The van der Waals surface area contributed by atoms with Gasteiger partial charge in [-0.25, -0.2) is 9.97 Å². The molecule has 7 heteroatoms. The highest BCUT2D eigenvalue weighted by molar-refractivity contribution is 9.11. The van der Waals surface area contributed by atoms with Crippen LogP contribution in [0.3, 0.4) is 0 Å². The zero-order valence-electron chi connectivity index (χ0n) is 11.1. The van der Waals surface area contributed by atoms with E-state index >= 15 is 0 Å². The average molecular weight is 402 g/mol. The molecule has 0 amide bonds. The van der Waals surface area contributed by atoms with Gasteiger partial charge >= 0.3 is 0 Å². The molecule has 0 unspecified atom stereocenters. The normalized spacial score (nSPS) is 10.2. The minimum absolute atomic E-state index is 0.584. The van der Waals surface area contributed by atoms with E-state index in [1.807, 2.05) is 25.1 Å². The van der Waals surface area contributed by atoms with Gasteiger partial charge in [0.1, 0.15) is 6.33 Å². The van der Waals surface area contributed by atoms with E-state index in [1.165, 1.54) is 6.33 Å². The largest absolute Gasteiger partial charge is 0.490 e. The lowest BCUT2D eigenvalue weighted by Crippen LogP contribution is -2.06. The van der Waals surface area contributed by atoms with Crippen LogP contribution < -0.4 is 15.4 Å². The molecule has 0 radical (unpaired) electrons. The monoisotopic (exact) mass is 400 g/mol. The SMILES string of the molecule is CCNc1ncnc(Nc2cc(Br)ccc2Br)c1OC. The summed E-state index contributed by atoms with van der Waals surface area (Å²) in [5, 5.41) is 6.38. The van der Waals surface area contributed by atoms with Gasteiger partial charge in [0.15, 0.2) is 11.6 Å². The quantitative estimate of drug-likeness (QED) is 0.786. The van der Waals surface area contributed by atoms with Crippen LogP contribution in [0.15, 0.2) is 33.5 Å². The van der Waals surface area contributed by atoms with Crippen LogP contribution in [0.4, 0.5) is 17.3 Å². The molecule has 2 aromatic rings. The fraction of sp³-hybridized carbons (Fsp3) is 0.231. The van der Waals surface area contributed by atoms with E-state index in [2.05, 4.69) is 52.5 Å². The van der Waals surface area contributed by atoms with E-state index in [0.717, 1.165) is 21.2 Å². The summed E-state index contributed by atoms with van der Waals surface area (Å²) in [7, 11) is 1.60. The van der Waals surface area contributed by atoms with Gasteiger partial charge in [0.25, 0.3) is 0 Å². The highest BCUT2D eigenvalue weighted by Crippen LogP contribution is 2.34. The molecular weight excluding hydrogens is 388 g/mol. The Morgan fingerprint density at radius 1 is 1.20 bits per heavy atom. The van der Waals surface area contributed by atoms with Crippen LogP contribution in [-0.2, 0) is 0 Å². The van der Waals surface area contributed by atoms with Gasteiger partial charge in [-0.1, -0.05) is 15.9 Å².